The molecule has 2 N–H and O–H groups in total. The van der Waals surface area contributed by atoms with Gasteiger partial charge in [0.05, 0.1) is 11.1 Å². The number of amides is 1. The molecule has 7 nitrogen and oxygen atoms in total. The third-order valence-electron chi connectivity index (χ3n) is 2.46. The molecule has 1 amide bonds. The summed E-state index contributed by atoms with van der Waals surface area (Å²) in [4.78, 5) is 23.5. The van der Waals surface area contributed by atoms with Crippen LogP contribution in [0.2, 0.25) is 0 Å². The standard InChI is InChI=1S/C10H16N4O3/c1-12(5-3-4-11)10(15)9-6-8(14(16)17)7-13(9)2/h6-7H,3-5,11H2,1-2H3. The quantitative estimate of drug-likeness (QED) is 0.593. The molecule has 1 heterocycles. The Kier molecular flexibility index (Phi) is 4.22. The van der Waals surface area contributed by atoms with Crippen LogP contribution in [-0.2, 0) is 7.05 Å². The van der Waals surface area contributed by atoms with Gasteiger partial charge in [-0.15, -0.1) is 0 Å². The molecule has 1 rings (SSSR count). The molecule has 0 atom stereocenters. The Labute approximate surface area is 99.0 Å². The lowest BCUT2D eigenvalue weighted by Gasteiger charge is -2.16. The summed E-state index contributed by atoms with van der Waals surface area (Å²) in [6, 6.07) is 1.28. The van der Waals surface area contributed by atoms with E-state index in [0.717, 1.165) is 0 Å². The van der Waals surface area contributed by atoms with E-state index in [0.29, 0.717) is 25.2 Å². The zero-order valence-corrected chi connectivity index (χ0v) is 9.92. The van der Waals surface area contributed by atoms with Crippen molar-refractivity contribution in [2.75, 3.05) is 20.1 Å². The largest absolute Gasteiger partial charge is 0.340 e. The normalized spacial score (nSPS) is 10.3. The Bertz CT molecular complexity index is 427. The third-order valence-corrected chi connectivity index (χ3v) is 2.46. The molecule has 0 fully saturated rings. The second kappa shape index (κ2) is 5.44. The number of aromatic nitrogens is 1. The topological polar surface area (TPSA) is 94.4 Å². The minimum atomic E-state index is -0.517. The molecule has 0 aliphatic rings. The maximum absolute atomic E-state index is 11.9. The van der Waals surface area contributed by atoms with Crippen molar-refractivity contribution in [1.29, 1.82) is 0 Å². The number of nitrogens with two attached hydrogens (primary N) is 1. The first-order valence-electron chi connectivity index (χ1n) is 5.23. The minimum absolute atomic E-state index is 0.0805. The van der Waals surface area contributed by atoms with Gasteiger partial charge in [-0.05, 0) is 13.0 Å². The fraction of sp³-hybridized carbons (Fsp3) is 0.500. The summed E-state index contributed by atoms with van der Waals surface area (Å²) in [7, 11) is 3.26. The first-order valence-corrected chi connectivity index (χ1v) is 5.23. The van der Waals surface area contributed by atoms with E-state index in [1.54, 1.807) is 14.1 Å². The molecule has 0 saturated carbocycles. The van der Waals surface area contributed by atoms with Crippen molar-refractivity contribution in [2.45, 2.75) is 6.42 Å². The van der Waals surface area contributed by atoms with Gasteiger partial charge >= 0.3 is 0 Å². The number of rotatable bonds is 5. The highest BCUT2D eigenvalue weighted by atomic mass is 16.6. The van der Waals surface area contributed by atoms with Crippen molar-refractivity contribution in [3.8, 4) is 0 Å². The molecule has 1 aromatic heterocycles. The van der Waals surface area contributed by atoms with Gasteiger partial charge in [-0.2, -0.15) is 0 Å². The van der Waals surface area contributed by atoms with Crippen LogP contribution in [0.4, 0.5) is 5.69 Å². The van der Waals surface area contributed by atoms with Crippen LogP contribution in [0.25, 0.3) is 0 Å². The van der Waals surface area contributed by atoms with Crippen LogP contribution in [0, 0.1) is 10.1 Å². The highest BCUT2D eigenvalue weighted by Gasteiger charge is 2.19. The summed E-state index contributed by atoms with van der Waals surface area (Å²) in [5.41, 5.74) is 5.58. The number of carbonyl (C=O) groups excluding carboxylic acids is 1. The molecule has 0 aliphatic carbocycles. The van der Waals surface area contributed by atoms with Crippen LogP contribution in [0.5, 0.6) is 0 Å². The van der Waals surface area contributed by atoms with Gasteiger partial charge in [0, 0.05) is 26.7 Å². The Morgan fingerprint density at radius 2 is 2.29 bits per heavy atom. The van der Waals surface area contributed by atoms with Crippen molar-refractivity contribution >= 4 is 11.6 Å². The van der Waals surface area contributed by atoms with Crippen molar-refractivity contribution in [2.24, 2.45) is 12.8 Å². The lowest BCUT2D eigenvalue weighted by molar-refractivity contribution is -0.384. The van der Waals surface area contributed by atoms with Gasteiger partial charge in [-0.3, -0.25) is 14.9 Å². The third kappa shape index (κ3) is 3.04. The lowest BCUT2D eigenvalue weighted by Crippen LogP contribution is -2.30. The maximum Gasteiger partial charge on any atom is 0.287 e. The Morgan fingerprint density at radius 3 is 2.76 bits per heavy atom. The summed E-state index contributed by atoms with van der Waals surface area (Å²) in [6.07, 6.45) is 2.03. The molecule has 0 saturated heterocycles. The van der Waals surface area contributed by atoms with Crippen molar-refractivity contribution < 1.29 is 9.72 Å². The molecule has 0 aliphatic heterocycles. The number of aryl methyl sites for hydroxylation is 1. The van der Waals surface area contributed by atoms with Crippen LogP contribution in [0.15, 0.2) is 12.3 Å². The molecule has 0 radical (unpaired) electrons. The van der Waals surface area contributed by atoms with Crippen molar-refractivity contribution in [3.63, 3.8) is 0 Å². The van der Waals surface area contributed by atoms with E-state index in [4.69, 9.17) is 5.73 Å². The fourth-order valence-corrected chi connectivity index (χ4v) is 1.49. The van der Waals surface area contributed by atoms with E-state index < -0.39 is 4.92 Å². The number of nitrogens with zero attached hydrogens (tertiary/aromatic N) is 3. The average Bonchev–Trinajstić information content (AvgIpc) is 2.67. The molecular formula is C10H16N4O3. The molecular weight excluding hydrogens is 224 g/mol. The number of carbonyl (C=O) groups is 1. The van der Waals surface area contributed by atoms with Gasteiger partial charge in [0.25, 0.3) is 11.6 Å². The second-order valence-electron chi connectivity index (χ2n) is 3.82. The van der Waals surface area contributed by atoms with Crippen LogP contribution in [0.3, 0.4) is 0 Å². The van der Waals surface area contributed by atoms with Crippen molar-refractivity contribution in [3.05, 3.63) is 28.1 Å². The second-order valence-corrected chi connectivity index (χ2v) is 3.82. The lowest BCUT2D eigenvalue weighted by atomic mass is 10.3. The van der Waals surface area contributed by atoms with Gasteiger partial charge in [-0.1, -0.05) is 0 Å². The van der Waals surface area contributed by atoms with Crippen LogP contribution >= 0.6 is 0 Å². The SMILES string of the molecule is CN(CCCN)C(=O)c1cc([N+](=O)[O-])cn1C. The van der Waals surface area contributed by atoms with E-state index in [1.165, 1.54) is 21.7 Å². The maximum atomic E-state index is 11.9. The van der Waals surface area contributed by atoms with E-state index in [-0.39, 0.29) is 11.6 Å². The summed E-state index contributed by atoms with van der Waals surface area (Å²) in [6.45, 7) is 1.04. The molecule has 1 aromatic rings. The Hall–Kier alpha value is -1.89. The first kappa shape index (κ1) is 13.2. The monoisotopic (exact) mass is 240 g/mol. The van der Waals surface area contributed by atoms with Gasteiger partial charge < -0.3 is 15.2 Å². The molecule has 94 valence electrons. The number of hydrogen-bond donors (Lipinski definition) is 1. The van der Waals surface area contributed by atoms with E-state index in [1.807, 2.05) is 0 Å². The zero-order chi connectivity index (χ0) is 13.0. The molecule has 0 aromatic carbocycles. The first-order chi connectivity index (χ1) is 7.97. The van der Waals surface area contributed by atoms with Crippen LogP contribution < -0.4 is 5.73 Å². The molecule has 17 heavy (non-hydrogen) atoms. The predicted molar refractivity (Wildman–Crippen MR) is 62.7 cm³/mol. The highest BCUT2D eigenvalue weighted by Crippen LogP contribution is 2.16. The van der Waals surface area contributed by atoms with Gasteiger partial charge in [0.15, 0.2) is 0 Å². The average molecular weight is 240 g/mol. The summed E-state index contributed by atoms with van der Waals surface area (Å²) >= 11 is 0. The predicted octanol–water partition coefficient (Wildman–Crippen LogP) is 0.354. The zero-order valence-electron chi connectivity index (χ0n) is 9.92. The number of hydrogen-bond acceptors (Lipinski definition) is 4. The molecule has 0 unspecified atom stereocenters. The summed E-state index contributed by atoms with van der Waals surface area (Å²) < 4.78 is 1.46. The molecule has 7 heteroatoms. The van der Waals surface area contributed by atoms with Gasteiger partial charge in [-0.25, -0.2) is 0 Å². The highest BCUT2D eigenvalue weighted by molar-refractivity contribution is 5.93. The van der Waals surface area contributed by atoms with E-state index in [9.17, 15) is 14.9 Å². The number of nitro groups is 1. The van der Waals surface area contributed by atoms with Crippen LogP contribution in [0.1, 0.15) is 16.9 Å². The van der Waals surface area contributed by atoms with Gasteiger partial charge in [0.1, 0.15) is 5.69 Å². The van der Waals surface area contributed by atoms with E-state index in [2.05, 4.69) is 0 Å². The van der Waals surface area contributed by atoms with Gasteiger partial charge in [0.2, 0.25) is 0 Å². The Morgan fingerprint density at radius 1 is 1.65 bits per heavy atom. The molecule has 0 bridgehead atoms. The fourth-order valence-electron chi connectivity index (χ4n) is 1.49. The minimum Gasteiger partial charge on any atom is -0.340 e. The van der Waals surface area contributed by atoms with Crippen LogP contribution in [-0.4, -0.2) is 40.4 Å². The summed E-state index contributed by atoms with van der Waals surface area (Å²) in [5.74, 6) is -0.242. The van der Waals surface area contributed by atoms with E-state index >= 15 is 0 Å². The smallest absolute Gasteiger partial charge is 0.287 e. The van der Waals surface area contributed by atoms with Crippen molar-refractivity contribution in [1.82, 2.24) is 9.47 Å². The Balaban J connectivity index is 2.85. The summed E-state index contributed by atoms with van der Waals surface area (Å²) in [5, 5.41) is 10.6. The molecule has 0 spiro atoms.